The van der Waals surface area contributed by atoms with E-state index in [4.69, 9.17) is 23.7 Å². The molecule has 14 heteroatoms. The molecule has 4 aliphatic rings. The van der Waals surface area contributed by atoms with E-state index < -0.39 is 83.9 Å². The molecule has 3 aliphatic heterocycles. The number of esters is 1. The number of Topliss-reactive ketones (excluding diaryl/α,β-unsaturated/α-hetero) is 3. The van der Waals surface area contributed by atoms with Gasteiger partial charge in [-0.05, 0) is 114 Å². The van der Waals surface area contributed by atoms with Gasteiger partial charge in [0.15, 0.2) is 5.78 Å². The first-order valence-electron chi connectivity index (χ1n) is 24.5. The van der Waals surface area contributed by atoms with Gasteiger partial charge in [-0.2, -0.15) is 0 Å². The van der Waals surface area contributed by atoms with Crippen molar-refractivity contribution < 1.29 is 63.0 Å². The van der Waals surface area contributed by atoms with Crippen molar-refractivity contribution in [2.75, 3.05) is 27.4 Å². The summed E-state index contributed by atoms with van der Waals surface area (Å²) in [6.45, 7) is 15.1. The van der Waals surface area contributed by atoms with E-state index in [9.17, 15) is 39.3 Å². The number of methoxy groups -OCH3 is 2. The van der Waals surface area contributed by atoms with Gasteiger partial charge >= 0.3 is 5.97 Å². The molecule has 1 unspecified atom stereocenters. The zero-order valence-corrected chi connectivity index (χ0v) is 41.3. The minimum Gasteiger partial charge on any atom is -0.460 e. The van der Waals surface area contributed by atoms with E-state index in [1.54, 1.807) is 34.0 Å². The standard InChI is InChI=1S/C52H81NO13/c1-11-64-43-29-39-22-20-37(8)52(61,66-39)49(58)50(59)53-24-16-15-19-40(53)51(60)65-44(34(5)27-38-21-23-41(54)45(28-38)62-9)30-42(55)33(4)26-36(7)47(57)48(63-10)46(56)35(6)25-31(2)17-13-12-14-18-32(43)3/h12-14,17-18,26,31,33-35,37-41,43-45,47-48,54,57,61H,11,15-16,19-25,27-30H2,1-10H3/b14-12+,17-13+,32-18+,36-26+/t31-,33-,34-,35-,37-,38+,39+,40+,41-,43-,44?,45-,47-,48+,52-/m1/s1. The first-order chi connectivity index (χ1) is 31.2. The number of carbonyl (C=O) groups excluding carboxylic acids is 5. The molecule has 3 fully saturated rings. The zero-order chi connectivity index (χ0) is 48.9. The molecule has 4 rings (SSSR count). The number of carbonyl (C=O) groups is 5. The number of aliphatic hydroxyl groups is 3. The Kier molecular flexibility index (Phi) is 21.6. The summed E-state index contributed by atoms with van der Waals surface area (Å²) < 4.78 is 29.7. The third kappa shape index (κ3) is 14.6. The van der Waals surface area contributed by atoms with Gasteiger partial charge < -0.3 is 43.9 Å². The summed E-state index contributed by atoms with van der Waals surface area (Å²) in [7, 11) is 2.95. The molecular weight excluding hydrogens is 847 g/mol. The molecule has 66 heavy (non-hydrogen) atoms. The van der Waals surface area contributed by atoms with Crippen molar-refractivity contribution in [3.63, 3.8) is 0 Å². The van der Waals surface area contributed by atoms with Crippen molar-refractivity contribution in [3.8, 4) is 0 Å². The van der Waals surface area contributed by atoms with E-state index in [1.165, 1.54) is 12.0 Å². The molecule has 1 amide bonds. The summed E-state index contributed by atoms with van der Waals surface area (Å²) in [5.74, 6) is -7.95. The van der Waals surface area contributed by atoms with E-state index in [-0.39, 0.29) is 54.8 Å². The lowest BCUT2D eigenvalue weighted by molar-refractivity contribution is -0.266. The van der Waals surface area contributed by atoms with Crippen molar-refractivity contribution in [2.24, 2.45) is 35.5 Å². The van der Waals surface area contributed by atoms with Crippen LogP contribution in [0.25, 0.3) is 0 Å². The average Bonchev–Trinajstić information content (AvgIpc) is 3.29. The summed E-state index contributed by atoms with van der Waals surface area (Å²) in [5, 5.41) is 33.9. The van der Waals surface area contributed by atoms with Crippen LogP contribution in [0.15, 0.2) is 47.6 Å². The number of ether oxygens (including phenoxy) is 5. The highest BCUT2D eigenvalue weighted by atomic mass is 16.6. The summed E-state index contributed by atoms with van der Waals surface area (Å²) in [6.07, 6.45) is 11.3. The Morgan fingerprint density at radius 3 is 2.29 bits per heavy atom. The molecular formula is C52H81NO13. The van der Waals surface area contributed by atoms with Crippen molar-refractivity contribution in [3.05, 3.63) is 47.6 Å². The second-order valence-corrected chi connectivity index (χ2v) is 19.8. The molecule has 15 atom stereocenters. The lowest BCUT2D eigenvalue weighted by Gasteiger charge is -2.43. The first-order valence-corrected chi connectivity index (χ1v) is 24.5. The minimum absolute atomic E-state index is 0.0188. The van der Waals surface area contributed by atoms with Crippen LogP contribution in [0.5, 0.6) is 0 Å². The van der Waals surface area contributed by atoms with Crippen molar-refractivity contribution >= 4 is 29.2 Å². The predicted molar refractivity (Wildman–Crippen MR) is 250 cm³/mol. The minimum atomic E-state index is -2.43. The number of aliphatic hydroxyl groups excluding tert-OH is 2. The highest BCUT2D eigenvalue weighted by Crippen LogP contribution is 2.38. The monoisotopic (exact) mass is 928 g/mol. The number of hydrogen-bond acceptors (Lipinski definition) is 13. The SMILES string of the molecule is CCO[C@@H]1C[C@@H]2CC[C@@H](C)[C@@](O)(O2)C(=O)C(=O)N2CCCC[C@H]2C(=O)OC([C@H](C)C[C@@H]2CC[C@@H](O)[C@H](OC)C2)CC(=O)[C@H](C)/C=C(\C)[C@@H](O)[C@@H](OC)C(=O)[C@H](C)C[C@H](C)/C=C/C=C/C=C/1C. The van der Waals surface area contributed by atoms with Crippen molar-refractivity contribution in [1.29, 1.82) is 0 Å². The van der Waals surface area contributed by atoms with Gasteiger partial charge in [-0.3, -0.25) is 19.2 Å². The maximum Gasteiger partial charge on any atom is 0.329 e. The van der Waals surface area contributed by atoms with Crippen LogP contribution in [0.2, 0.25) is 0 Å². The predicted octanol–water partition coefficient (Wildman–Crippen LogP) is 6.57. The molecule has 1 aliphatic carbocycles. The number of cyclic esters (lactones) is 1. The molecule has 0 aromatic carbocycles. The number of ketones is 3. The lowest BCUT2D eigenvalue weighted by Crippen LogP contribution is -2.61. The third-order valence-electron chi connectivity index (χ3n) is 14.6. The first kappa shape index (κ1) is 55.2. The quantitative estimate of drug-likeness (QED) is 0.141. The second kappa shape index (κ2) is 25.8. The van der Waals surface area contributed by atoms with Crippen LogP contribution in [-0.4, -0.2) is 131 Å². The zero-order valence-electron chi connectivity index (χ0n) is 41.3. The Morgan fingerprint density at radius 1 is 0.879 bits per heavy atom. The van der Waals surface area contributed by atoms with Crippen LogP contribution < -0.4 is 0 Å². The van der Waals surface area contributed by atoms with Gasteiger partial charge in [-0.15, -0.1) is 0 Å². The highest BCUT2D eigenvalue weighted by Gasteiger charge is 2.53. The van der Waals surface area contributed by atoms with Crippen molar-refractivity contribution in [1.82, 2.24) is 4.90 Å². The molecule has 2 bridgehead atoms. The fraction of sp³-hybridized carbons (Fsp3) is 0.750. The number of nitrogens with zero attached hydrogens (tertiary/aromatic N) is 1. The fourth-order valence-corrected chi connectivity index (χ4v) is 10.2. The number of amides is 1. The Hall–Kier alpha value is -3.37. The Morgan fingerprint density at radius 2 is 1.61 bits per heavy atom. The van der Waals surface area contributed by atoms with Gasteiger partial charge in [0.1, 0.15) is 30.1 Å². The van der Waals surface area contributed by atoms with Crippen LogP contribution in [0.3, 0.4) is 0 Å². The molecule has 3 N–H and O–H groups in total. The van der Waals surface area contributed by atoms with Crippen LogP contribution in [0, 0.1) is 35.5 Å². The number of hydrogen-bond donors (Lipinski definition) is 3. The Balaban J connectivity index is 1.71. The van der Waals surface area contributed by atoms with Gasteiger partial charge in [0, 0.05) is 58.0 Å². The van der Waals surface area contributed by atoms with Gasteiger partial charge in [0.2, 0.25) is 5.79 Å². The van der Waals surface area contributed by atoms with E-state index in [0.29, 0.717) is 70.0 Å². The summed E-state index contributed by atoms with van der Waals surface area (Å²) >= 11 is 0. The largest absolute Gasteiger partial charge is 0.460 e. The molecule has 14 nitrogen and oxygen atoms in total. The summed E-state index contributed by atoms with van der Waals surface area (Å²) in [4.78, 5) is 71.9. The van der Waals surface area contributed by atoms with Gasteiger partial charge in [-0.25, -0.2) is 4.79 Å². The van der Waals surface area contributed by atoms with Crippen LogP contribution in [0.1, 0.15) is 132 Å². The molecule has 372 valence electrons. The molecule has 0 aromatic rings. The van der Waals surface area contributed by atoms with Gasteiger partial charge in [0.25, 0.3) is 11.7 Å². The Labute approximate surface area is 393 Å². The van der Waals surface area contributed by atoms with Crippen LogP contribution in [0.4, 0.5) is 0 Å². The summed E-state index contributed by atoms with van der Waals surface area (Å²) in [6, 6.07) is -1.14. The Bertz CT molecular complexity index is 1770. The maximum absolute atomic E-state index is 14.4. The van der Waals surface area contributed by atoms with E-state index in [0.717, 1.165) is 12.0 Å². The van der Waals surface area contributed by atoms with E-state index in [1.807, 2.05) is 65.0 Å². The van der Waals surface area contributed by atoms with E-state index >= 15 is 0 Å². The molecule has 1 saturated carbocycles. The number of allylic oxidation sites excluding steroid dienone is 6. The maximum atomic E-state index is 14.4. The highest BCUT2D eigenvalue weighted by molar-refractivity contribution is 6.39. The van der Waals surface area contributed by atoms with Crippen LogP contribution in [-0.2, 0) is 47.7 Å². The van der Waals surface area contributed by atoms with E-state index in [2.05, 4.69) is 0 Å². The molecule has 2 saturated heterocycles. The average molecular weight is 928 g/mol. The lowest BCUT2D eigenvalue weighted by atomic mass is 9.78. The molecule has 0 radical (unpaired) electrons. The second-order valence-electron chi connectivity index (χ2n) is 19.8. The molecule has 0 spiro atoms. The number of rotatable bonds is 7. The fourth-order valence-electron chi connectivity index (χ4n) is 10.2. The molecule has 3 heterocycles. The van der Waals surface area contributed by atoms with Crippen molar-refractivity contribution in [2.45, 2.75) is 187 Å². The third-order valence-corrected chi connectivity index (χ3v) is 14.6. The normalized spacial score (nSPS) is 40.0. The number of fused-ring (bicyclic) bond motifs is 3. The van der Waals surface area contributed by atoms with Gasteiger partial charge in [0.05, 0.1) is 24.4 Å². The van der Waals surface area contributed by atoms with Crippen LogP contribution >= 0.6 is 0 Å². The number of piperidine rings is 1. The smallest absolute Gasteiger partial charge is 0.329 e. The summed E-state index contributed by atoms with van der Waals surface area (Å²) in [5.41, 5.74) is 1.29. The van der Waals surface area contributed by atoms with Gasteiger partial charge in [-0.1, -0.05) is 71.1 Å². The molecule has 0 aromatic heterocycles. The topological polar surface area (TPSA) is 195 Å².